The minimum Gasteiger partial charge on any atom is -0.492 e. The molecule has 0 spiro atoms. The van der Waals surface area contributed by atoms with E-state index in [9.17, 15) is 4.79 Å². The Hall–Kier alpha value is -3.23. The molecular weight excluding hydrogens is 468 g/mol. The highest BCUT2D eigenvalue weighted by atomic mass is 35.5. The summed E-state index contributed by atoms with van der Waals surface area (Å²) in [6, 6.07) is 11.0. The van der Waals surface area contributed by atoms with Gasteiger partial charge in [0.05, 0.1) is 59.9 Å². The zero-order valence-electron chi connectivity index (χ0n) is 20.6. The fourth-order valence-electron chi connectivity index (χ4n) is 4.07. The Kier molecular flexibility index (Phi) is 7.83. The minimum atomic E-state index is -0.245. The highest BCUT2D eigenvalue weighted by Crippen LogP contribution is 2.39. The van der Waals surface area contributed by atoms with Crippen molar-refractivity contribution < 1.29 is 19.0 Å². The Morgan fingerprint density at radius 2 is 1.71 bits per heavy atom. The summed E-state index contributed by atoms with van der Waals surface area (Å²) >= 11 is 6.28. The number of ether oxygens (including phenoxy) is 3. The van der Waals surface area contributed by atoms with E-state index < -0.39 is 0 Å². The van der Waals surface area contributed by atoms with Gasteiger partial charge in [-0.25, -0.2) is 4.68 Å². The maximum atomic E-state index is 13.1. The first-order valence-electron chi connectivity index (χ1n) is 11.8. The molecule has 2 aromatic carbocycles. The minimum absolute atomic E-state index is 0.245. The number of rotatable bonds is 8. The maximum absolute atomic E-state index is 13.1. The van der Waals surface area contributed by atoms with E-state index in [-0.39, 0.29) is 5.91 Å². The van der Waals surface area contributed by atoms with Gasteiger partial charge in [-0.3, -0.25) is 4.79 Å². The van der Waals surface area contributed by atoms with Crippen molar-refractivity contribution in [1.29, 1.82) is 0 Å². The lowest BCUT2D eigenvalue weighted by atomic mass is 10.1. The Morgan fingerprint density at radius 1 is 1.06 bits per heavy atom. The van der Waals surface area contributed by atoms with Crippen LogP contribution in [0, 0.1) is 13.8 Å². The second-order valence-electron chi connectivity index (χ2n) is 8.18. The summed E-state index contributed by atoms with van der Waals surface area (Å²) in [6.07, 6.45) is 0. The van der Waals surface area contributed by atoms with E-state index in [0.29, 0.717) is 54.2 Å². The van der Waals surface area contributed by atoms with Crippen molar-refractivity contribution in [2.75, 3.05) is 49.7 Å². The lowest BCUT2D eigenvalue weighted by Crippen LogP contribution is -2.36. The number of aryl methyl sites for hydroxylation is 1. The summed E-state index contributed by atoms with van der Waals surface area (Å²) in [5.41, 5.74) is 4.46. The zero-order valence-corrected chi connectivity index (χ0v) is 21.3. The molecule has 9 heteroatoms. The number of carbonyl (C=O) groups is 1. The van der Waals surface area contributed by atoms with Crippen molar-refractivity contribution in [2.45, 2.75) is 27.7 Å². The molecule has 0 unspecified atom stereocenters. The summed E-state index contributed by atoms with van der Waals surface area (Å²) in [5.74, 6) is 1.05. The lowest BCUT2D eigenvalue weighted by molar-refractivity contribution is 0.102. The average molecular weight is 499 g/mol. The number of nitrogens with one attached hydrogen (secondary N) is 1. The maximum Gasteiger partial charge on any atom is 0.255 e. The van der Waals surface area contributed by atoms with Crippen molar-refractivity contribution in [1.82, 2.24) is 9.78 Å². The molecule has 8 nitrogen and oxygen atoms in total. The van der Waals surface area contributed by atoms with Crippen LogP contribution in [0.5, 0.6) is 11.5 Å². The standard InChI is InChI=1S/C26H31ClN4O4/c1-5-34-23-16-22(30-11-13-33-14-12-30)24(35-6-2)15-21(23)28-26(32)19-7-9-20(10-8-19)31-18(4)25(27)17(3)29-31/h7-10,15-16H,5-6,11-14H2,1-4H3,(H,28,32). The van der Waals surface area contributed by atoms with Crippen molar-refractivity contribution >= 4 is 28.9 Å². The van der Waals surface area contributed by atoms with Gasteiger partial charge in [0.1, 0.15) is 11.5 Å². The van der Waals surface area contributed by atoms with Crippen LogP contribution in [0.25, 0.3) is 5.69 Å². The van der Waals surface area contributed by atoms with Gasteiger partial charge in [-0.2, -0.15) is 5.10 Å². The van der Waals surface area contributed by atoms with Gasteiger partial charge in [0.25, 0.3) is 5.91 Å². The van der Waals surface area contributed by atoms with E-state index in [2.05, 4.69) is 15.3 Å². The highest BCUT2D eigenvalue weighted by Gasteiger charge is 2.21. The highest BCUT2D eigenvalue weighted by molar-refractivity contribution is 6.31. The summed E-state index contributed by atoms with van der Waals surface area (Å²) in [5, 5.41) is 8.10. The van der Waals surface area contributed by atoms with Crippen LogP contribution in [0.15, 0.2) is 36.4 Å². The molecule has 3 aromatic rings. The largest absolute Gasteiger partial charge is 0.492 e. The Bertz CT molecular complexity index is 1190. The third-order valence-corrected chi connectivity index (χ3v) is 6.38. The van der Waals surface area contributed by atoms with Crippen molar-refractivity contribution in [3.63, 3.8) is 0 Å². The molecule has 1 aromatic heterocycles. The predicted molar refractivity (Wildman–Crippen MR) is 138 cm³/mol. The quantitative estimate of drug-likeness (QED) is 0.469. The SMILES string of the molecule is CCOc1cc(N2CCOCC2)c(OCC)cc1NC(=O)c1ccc(-n2nc(C)c(Cl)c2C)cc1. The first kappa shape index (κ1) is 24.9. The molecule has 1 fully saturated rings. The molecule has 0 atom stereocenters. The van der Waals surface area contributed by atoms with Gasteiger partial charge in [-0.15, -0.1) is 0 Å². The van der Waals surface area contributed by atoms with Gasteiger partial charge in [0.15, 0.2) is 0 Å². The van der Waals surface area contributed by atoms with Crippen LogP contribution in [0.2, 0.25) is 5.02 Å². The number of carbonyl (C=O) groups excluding carboxylic acids is 1. The average Bonchev–Trinajstić information content (AvgIpc) is 3.13. The predicted octanol–water partition coefficient (Wildman–Crippen LogP) is 5.03. The Morgan fingerprint density at radius 3 is 2.31 bits per heavy atom. The summed E-state index contributed by atoms with van der Waals surface area (Å²) in [6.45, 7) is 11.5. The number of hydrogen-bond acceptors (Lipinski definition) is 6. The van der Waals surface area contributed by atoms with Gasteiger partial charge < -0.3 is 24.4 Å². The van der Waals surface area contributed by atoms with Gasteiger partial charge in [-0.05, 0) is 52.0 Å². The molecule has 1 N–H and O–H groups in total. The van der Waals surface area contributed by atoms with E-state index in [1.54, 1.807) is 16.8 Å². The number of hydrogen-bond donors (Lipinski definition) is 1. The Labute approximate surface area is 210 Å². The molecule has 1 aliphatic rings. The number of anilines is 2. The van der Waals surface area contributed by atoms with Crippen LogP contribution >= 0.6 is 11.6 Å². The number of morpholine rings is 1. The van der Waals surface area contributed by atoms with Crippen LogP contribution < -0.4 is 19.7 Å². The van der Waals surface area contributed by atoms with E-state index in [1.807, 2.05) is 52.0 Å². The topological polar surface area (TPSA) is 77.9 Å². The van der Waals surface area contributed by atoms with E-state index in [1.165, 1.54) is 0 Å². The van der Waals surface area contributed by atoms with Crippen molar-refractivity contribution in [2.24, 2.45) is 0 Å². The number of halogens is 1. The number of benzene rings is 2. The third-order valence-electron chi connectivity index (χ3n) is 5.84. The molecule has 0 radical (unpaired) electrons. The third kappa shape index (κ3) is 5.39. The van der Waals surface area contributed by atoms with Crippen LogP contribution in [0.4, 0.5) is 11.4 Å². The molecule has 4 rings (SSSR count). The number of amides is 1. The fraction of sp³-hybridized carbons (Fsp3) is 0.385. The van der Waals surface area contributed by atoms with Crippen LogP contribution in [0.3, 0.4) is 0 Å². The molecular formula is C26H31ClN4O4. The summed E-state index contributed by atoms with van der Waals surface area (Å²) in [7, 11) is 0. The van der Waals surface area contributed by atoms with Crippen LogP contribution in [-0.2, 0) is 4.74 Å². The molecule has 2 heterocycles. The molecule has 1 aliphatic heterocycles. The monoisotopic (exact) mass is 498 g/mol. The van der Waals surface area contributed by atoms with Crippen LogP contribution in [-0.4, -0.2) is 55.2 Å². The molecule has 0 aliphatic carbocycles. The zero-order chi connectivity index (χ0) is 24.9. The van der Waals surface area contributed by atoms with Crippen LogP contribution in [0.1, 0.15) is 35.6 Å². The number of aromatic nitrogens is 2. The Balaban J connectivity index is 1.60. The molecule has 186 valence electrons. The molecule has 0 saturated carbocycles. The van der Waals surface area contributed by atoms with Gasteiger partial charge >= 0.3 is 0 Å². The lowest BCUT2D eigenvalue weighted by Gasteiger charge is -2.31. The first-order chi connectivity index (χ1) is 16.9. The van der Waals surface area contributed by atoms with Gasteiger partial charge in [0.2, 0.25) is 0 Å². The second kappa shape index (κ2) is 11.0. The van der Waals surface area contributed by atoms with E-state index in [4.69, 9.17) is 25.8 Å². The second-order valence-corrected chi connectivity index (χ2v) is 8.56. The summed E-state index contributed by atoms with van der Waals surface area (Å²) < 4.78 is 19.1. The van der Waals surface area contributed by atoms with Gasteiger partial charge in [0, 0.05) is 30.8 Å². The summed E-state index contributed by atoms with van der Waals surface area (Å²) in [4.78, 5) is 15.3. The molecule has 1 amide bonds. The number of nitrogens with zero attached hydrogens (tertiary/aromatic N) is 3. The normalized spacial score (nSPS) is 13.6. The molecule has 0 bridgehead atoms. The first-order valence-corrected chi connectivity index (χ1v) is 12.2. The van der Waals surface area contributed by atoms with Gasteiger partial charge in [-0.1, -0.05) is 11.6 Å². The van der Waals surface area contributed by atoms with Crippen molar-refractivity contribution in [3.8, 4) is 17.2 Å². The smallest absolute Gasteiger partial charge is 0.255 e. The fourth-order valence-corrected chi connectivity index (χ4v) is 4.19. The van der Waals surface area contributed by atoms with E-state index in [0.717, 1.165) is 35.9 Å². The van der Waals surface area contributed by atoms with E-state index >= 15 is 0 Å². The molecule has 35 heavy (non-hydrogen) atoms. The molecule has 1 saturated heterocycles. The van der Waals surface area contributed by atoms with Crippen molar-refractivity contribution in [3.05, 3.63) is 58.4 Å².